The summed E-state index contributed by atoms with van der Waals surface area (Å²) < 4.78 is 23.6. The van der Waals surface area contributed by atoms with Crippen molar-refractivity contribution in [3.63, 3.8) is 0 Å². The maximum Gasteiger partial charge on any atom is 0.245 e. The van der Waals surface area contributed by atoms with Crippen LogP contribution in [-0.2, 0) is 27.5 Å². The van der Waals surface area contributed by atoms with E-state index < -0.39 is 15.9 Å². The number of rotatable bonds is 5. The maximum absolute atomic E-state index is 13.0. The number of nitrogens with one attached hydrogen (secondary N) is 1. The molecule has 6 heteroatoms. The fraction of sp³-hybridized carbons (Fsp3) is 0.476. The molecule has 144 valence electrons. The molecule has 1 aliphatic heterocycles. The van der Waals surface area contributed by atoms with E-state index in [0.29, 0.717) is 13.0 Å². The largest absolute Gasteiger partial charge is 0.373 e. The van der Waals surface area contributed by atoms with Crippen LogP contribution in [0.5, 0.6) is 0 Å². The van der Waals surface area contributed by atoms with Gasteiger partial charge in [-0.05, 0) is 55.7 Å². The molecule has 2 atom stereocenters. The smallest absolute Gasteiger partial charge is 0.245 e. The third kappa shape index (κ3) is 3.31. The Labute approximate surface area is 160 Å². The monoisotopic (exact) mass is 386 g/mol. The molecule has 0 aromatic heterocycles. The Bertz CT molecular complexity index is 990. The predicted molar refractivity (Wildman–Crippen MR) is 109 cm³/mol. The minimum Gasteiger partial charge on any atom is -0.373 e. The second-order valence-electron chi connectivity index (χ2n) is 7.66. The number of carbonyl (C=O) groups is 1. The van der Waals surface area contributed by atoms with Gasteiger partial charge in [-0.25, -0.2) is 8.42 Å². The van der Waals surface area contributed by atoms with Crippen LogP contribution >= 0.6 is 0 Å². The average Bonchev–Trinajstić information content (AvgIpc) is 3.22. The first kappa shape index (κ1) is 18.3. The second-order valence-corrected chi connectivity index (χ2v) is 9.89. The minimum absolute atomic E-state index is 0.0390. The maximum atomic E-state index is 13.0. The third-order valence-corrected chi connectivity index (χ3v) is 7.64. The molecule has 0 bridgehead atoms. The van der Waals surface area contributed by atoms with Crippen LogP contribution in [0.4, 0.5) is 5.69 Å². The average molecular weight is 387 g/mol. The van der Waals surface area contributed by atoms with Gasteiger partial charge >= 0.3 is 0 Å². The Morgan fingerprint density at radius 1 is 1.22 bits per heavy atom. The van der Waals surface area contributed by atoms with Crippen molar-refractivity contribution in [2.24, 2.45) is 0 Å². The van der Waals surface area contributed by atoms with Crippen LogP contribution < -0.4 is 5.32 Å². The highest BCUT2D eigenvalue weighted by atomic mass is 32.2. The third-order valence-electron chi connectivity index (χ3n) is 5.89. The van der Waals surface area contributed by atoms with Gasteiger partial charge in [-0.15, -0.1) is 0 Å². The number of hydrogen-bond acceptors (Lipinski definition) is 4. The minimum atomic E-state index is -3.01. The molecule has 1 aliphatic carbocycles. The van der Waals surface area contributed by atoms with E-state index >= 15 is 0 Å². The fourth-order valence-electron chi connectivity index (χ4n) is 4.53. The van der Waals surface area contributed by atoms with E-state index in [4.69, 9.17) is 0 Å². The summed E-state index contributed by atoms with van der Waals surface area (Å²) in [5.41, 5.74) is 3.71. The zero-order valence-electron chi connectivity index (χ0n) is 15.9. The number of sulfone groups is 1. The number of hydrogen-bond donors (Lipinski definition) is 1. The summed E-state index contributed by atoms with van der Waals surface area (Å²) in [6.07, 6.45) is 2.68. The van der Waals surface area contributed by atoms with Crippen molar-refractivity contribution in [3.05, 3.63) is 41.5 Å². The van der Waals surface area contributed by atoms with Crippen molar-refractivity contribution in [1.82, 2.24) is 4.90 Å². The summed E-state index contributed by atoms with van der Waals surface area (Å²) in [6, 6.07) is 9.96. The Hall–Kier alpha value is -2.08. The summed E-state index contributed by atoms with van der Waals surface area (Å²) in [5, 5.41) is 5.86. The molecule has 2 aliphatic rings. The van der Waals surface area contributed by atoms with E-state index in [9.17, 15) is 13.2 Å². The number of aryl methyl sites for hydroxylation is 2. The summed E-state index contributed by atoms with van der Waals surface area (Å²) in [5.74, 6) is 0.223. The van der Waals surface area contributed by atoms with Crippen LogP contribution in [0.2, 0.25) is 0 Å². The van der Waals surface area contributed by atoms with Crippen LogP contribution in [0, 0.1) is 0 Å². The SMILES string of the molecule is CCN(C(=O)[C@H](C)Nc1ccc2c3c(cccc13)CC2)[C@@H]1CCS(=O)(=O)C1. The zero-order chi connectivity index (χ0) is 19.2. The first-order chi connectivity index (χ1) is 12.9. The molecular weight excluding hydrogens is 360 g/mol. The Balaban J connectivity index is 1.56. The molecule has 0 saturated carbocycles. The van der Waals surface area contributed by atoms with Crippen molar-refractivity contribution < 1.29 is 13.2 Å². The van der Waals surface area contributed by atoms with E-state index in [1.807, 2.05) is 13.8 Å². The van der Waals surface area contributed by atoms with Gasteiger partial charge in [0.1, 0.15) is 6.04 Å². The molecule has 2 aromatic carbocycles. The first-order valence-corrected chi connectivity index (χ1v) is 11.5. The normalized spacial score (nSPS) is 21.3. The Kier molecular flexibility index (Phi) is 4.62. The topological polar surface area (TPSA) is 66.5 Å². The lowest BCUT2D eigenvalue weighted by Gasteiger charge is -2.30. The van der Waals surface area contributed by atoms with E-state index in [1.165, 1.54) is 16.5 Å². The lowest BCUT2D eigenvalue weighted by molar-refractivity contribution is -0.133. The molecule has 1 amide bonds. The molecule has 1 N–H and O–H groups in total. The number of anilines is 1. The zero-order valence-corrected chi connectivity index (χ0v) is 16.7. The van der Waals surface area contributed by atoms with Gasteiger partial charge in [0.2, 0.25) is 5.91 Å². The fourth-order valence-corrected chi connectivity index (χ4v) is 6.26. The van der Waals surface area contributed by atoms with Gasteiger partial charge in [-0.2, -0.15) is 0 Å². The van der Waals surface area contributed by atoms with Crippen LogP contribution in [0.1, 0.15) is 31.4 Å². The number of carbonyl (C=O) groups excluding carboxylic acids is 1. The number of benzene rings is 2. The lowest BCUT2D eigenvalue weighted by Crippen LogP contribution is -2.47. The molecule has 0 radical (unpaired) electrons. The number of likely N-dealkylation sites (N-methyl/N-ethyl adjacent to an activating group) is 1. The van der Waals surface area contributed by atoms with E-state index in [1.54, 1.807) is 4.90 Å². The molecule has 1 saturated heterocycles. The first-order valence-electron chi connectivity index (χ1n) is 9.70. The summed E-state index contributed by atoms with van der Waals surface area (Å²) >= 11 is 0. The highest BCUT2D eigenvalue weighted by molar-refractivity contribution is 7.91. The molecule has 2 aromatic rings. The summed E-state index contributed by atoms with van der Waals surface area (Å²) in [7, 11) is -3.01. The lowest BCUT2D eigenvalue weighted by atomic mass is 10.0. The number of amides is 1. The molecule has 4 rings (SSSR count). The molecule has 1 fully saturated rings. The van der Waals surface area contributed by atoms with Crippen molar-refractivity contribution in [3.8, 4) is 0 Å². The Morgan fingerprint density at radius 2 is 1.96 bits per heavy atom. The van der Waals surface area contributed by atoms with Crippen molar-refractivity contribution >= 4 is 32.2 Å². The van der Waals surface area contributed by atoms with Crippen molar-refractivity contribution in [2.75, 3.05) is 23.4 Å². The van der Waals surface area contributed by atoms with Gasteiger partial charge in [0.15, 0.2) is 9.84 Å². The predicted octanol–water partition coefficient (Wildman–Crippen LogP) is 2.77. The van der Waals surface area contributed by atoms with Gasteiger partial charge in [0, 0.05) is 23.7 Å². The summed E-state index contributed by atoms with van der Waals surface area (Å²) in [4.78, 5) is 14.8. The standard InChI is InChI=1S/C21H26N2O3S/c1-3-23(17-11-12-27(25,26)13-17)21(24)14(2)22-19-10-9-16-8-7-15-5-4-6-18(19)20(15)16/h4-6,9-10,14,17,22H,3,7-8,11-13H2,1-2H3/t14-,17+/m0/s1. The van der Waals surface area contributed by atoms with Gasteiger partial charge in [-0.1, -0.05) is 24.3 Å². The molecule has 5 nitrogen and oxygen atoms in total. The summed E-state index contributed by atoms with van der Waals surface area (Å²) in [6.45, 7) is 4.29. The Morgan fingerprint density at radius 3 is 2.63 bits per heavy atom. The highest BCUT2D eigenvalue weighted by Crippen LogP contribution is 2.35. The quantitative estimate of drug-likeness (QED) is 0.858. The molecular formula is C21H26N2O3S. The molecule has 27 heavy (non-hydrogen) atoms. The molecule has 0 unspecified atom stereocenters. The van der Waals surface area contributed by atoms with Crippen molar-refractivity contribution in [2.45, 2.75) is 45.2 Å². The van der Waals surface area contributed by atoms with E-state index in [0.717, 1.165) is 23.9 Å². The van der Waals surface area contributed by atoms with Gasteiger partial charge < -0.3 is 10.2 Å². The van der Waals surface area contributed by atoms with Gasteiger partial charge in [0.25, 0.3) is 0 Å². The van der Waals surface area contributed by atoms with Gasteiger partial charge in [0.05, 0.1) is 11.5 Å². The number of nitrogens with zero attached hydrogens (tertiary/aromatic N) is 1. The highest BCUT2D eigenvalue weighted by Gasteiger charge is 2.35. The van der Waals surface area contributed by atoms with Crippen molar-refractivity contribution in [1.29, 1.82) is 0 Å². The van der Waals surface area contributed by atoms with E-state index in [2.05, 4.69) is 35.6 Å². The van der Waals surface area contributed by atoms with Gasteiger partial charge in [-0.3, -0.25) is 4.79 Å². The van der Waals surface area contributed by atoms with Crippen LogP contribution in [-0.4, -0.2) is 49.4 Å². The molecule has 0 spiro atoms. The van der Waals surface area contributed by atoms with E-state index in [-0.39, 0.29) is 23.5 Å². The molecule has 1 heterocycles. The second kappa shape index (κ2) is 6.82. The van der Waals surface area contributed by atoms with Crippen LogP contribution in [0.3, 0.4) is 0 Å². The van der Waals surface area contributed by atoms with Crippen LogP contribution in [0.25, 0.3) is 10.8 Å². The van der Waals surface area contributed by atoms with Crippen LogP contribution in [0.15, 0.2) is 30.3 Å².